The highest BCUT2D eigenvalue weighted by molar-refractivity contribution is 5.87. The van der Waals surface area contributed by atoms with Crippen LogP contribution in [-0.4, -0.2) is 24.7 Å². The maximum Gasteiger partial charge on any atom is 0.330 e. The number of nitrogen functional groups attached to an aromatic ring is 1. The summed E-state index contributed by atoms with van der Waals surface area (Å²) in [5, 5.41) is 0. The Labute approximate surface area is 134 Å². The van der Waals surface area contributed by atoms with Gasteiger partial charge in [-0.1, -0.05) is 6.07 Å². The lowest BCUT2D eigenvalue weighted by molar-refractivity contribution is -0.137. The number of nitrogens with two attached hydrogens (primary N) is 1. The number of nitrogens with zero attached hydrogens (tertiary/aromatic N) is 1. The number of methoxy groups -OCH3 is 1. The van der Waals surface area contributed by atoms with Crippen molar-refractivity contribution >= 4 is 17.7 Å². The number of esters is 1. The van der Waals surface area contributed by atoms with E-state index in [1.807, 2.05) is 0 Å². The molecule has 1 heterocycles. The van der Waals surface area contributed by atoms with Gasteiger partial charge in [-0.25, -0.2) is 9.78 Å². The predicted molar refractivity (Wildman–Crippen MR) is 87.4 cm³/mol. The molecule has 0 spiro atoms. The molecular weight excluding hydrogens is 296 g/mol. The summed E-state index contributed by atoms with van der Waals surface area (Å²) in [6.07, 6.45) is 4.52. The quantitative estimate of drug-likeness (QED) is 0.651. The molecule has 2 aromatic rings. The third-order valence-electron chi connectivity index (χ3n) is 2.86. The average Bonchev–Trinajstić information content (AvgIpc) is 2.56. The lowest BCUT2D eigenvalue weighted by Crippen LogP contribution is -1.98. The molecule has 0 atom stereocenters. The Balaban J connectivity index is 2.16. The average molecular weight is 314 g/mol. The second kappa shape index (κ2) is 7.84. The molecule has 0 aliphatic rings. The fourth-order valence-corrected chi connectivity index (χ4v) is 1.79. The molecule has 0 fully saturated rings. The van der Waals surface area contributed by atoms with Gasteiger partial charge in [0, 0.05) is 12.1 Å². The second-order valence-electron chi connectivity index (χ2n) is 4.53. The van der Waals surface area contributed by atoms with Crippen molar-refractivity contribution in [2.45, 2.75) is 6.92 Å². The second-order valence-corrected chi connectivity index (χ2v) is 4.53. The van der Waals surface area contributed by atoms with Gasteiger partial charge in [0.05, 0.1) is 25.6 Å². The summed E-state index contributed by atoms with van der Waals surface area (Å²) in [5.74, 6) is 1.05. The van der Waals surface area contributed by atoms with Crippen molar-refractivity contribution in [3.8, 4) is 17.4 Å². The number of ether oxygens (including phenoxy) is 3. The number of carbonyl (C=O) groups is 1. The molecule has 0 bridgehead atoms. The van der Waals surface area contributed by atoms with Gasteiger partial charge in [0.25, 0.3) is 0 Å². The molecule has 0 unspecified atom stereocenters. The Morgan fingerprint density at radius 1 is 1.26 bits per heavy atom. The number of aromatic nitrogens is 1. The third kappa shape index (κ3) is 4.74. The minimum Gasteiger partial charge on any atom is -0.493 e. The number of anilines is 1. The van der Waals surface area contributed by atoms with Crippen LogP contribution >= 0.6 is 0 Å². The Hall–Kier alpha value is -3.02. The van der Waals surface area contributed by atoms with E-state index >= 15 is 0 Å². The summed E-state index contributed by atoms with van der Waals surface area (Å²) in [7, 11) is 1.54. The van der Waals surface area contributed by atoms with Crippen LogP contribution in [0, 0.1) is 0 Å². The van der Waals surface area contributed by atoms with Crippen LogP contribution in [-0.2, 0) is 9.53 Å². The first kappa shape index (κ1) is 16.4. The Kier molecular flexibility index (Phi) is 5.57. The number of hydrogen-bond acceptors (Lipinski definition) is 6. The zero-order valence-electron chi connectivity index (χ0n) is 13.0. The topological polar surface area (TPSA) is 83.7 Å². The van der Waals surface area contributed by atoms with E-state index in [1.165, 1.54) is 19.4 Å². The van der Waals surface area contributed by atoms with E-state index in [4.69, 9.17) is 19.9 Å². The van der Waals surface area contributed by atoms with Crippen molar-refractivity contribution in [3.63, 3.8) is 0 Å². The zero-order valence-corrected chi connectivity index (χ0v) is 13.0. The molecule has 0 amide bonds. The van der Waals surface area contributed by atoms with Gasteiger partial charge in [-0.3, -0.25) is 0 Å². The lowest BCUT2D eigenvalue weighted by atomic mass is 10.2. The molecule has 0 radical (unpaired) electrons. The van der Waals surface area contributed by atoms with Gasteiger partial charge < -0.3 is 19.9 Å². The first-order chi connectivity index (χ1) is 11.1. The molecule has 0 aliphatic carbocycles. The lowest BCUT2D eigenvalue weighted by Gasteiger charge is -2.10. The van der Waals surface area contributed by atoms with Crippen LogP contribution in [0.4, 0.5) is 5.69 Å². The van der Waals surface area contributed by atoms with Gasteiger partial charge in [0.2, 0.25) is 5.88 Å². The van der Waals surface area contributed by atoms with E-state index in [-0.39, 0.29) is 0 Å². The maximum absolute atomic E-state index is 11.3. The molecule has 120 valence electrons. The smallest absolute Gasteiger partial charge is 0.330 e. The summed E-state index contributed by atoms with van der Waals surface area (Å²) in [5.41, 5.74) is 6.93. The van der Waals surface area contributed by atoms with Crippen LogP contribution in [0.25, 0.3) is 6.08 Å². The van der Waals surface area contributed by atoms with Gasteiger partial charge in [-0.15, -0.1) is 0 Å². The van der Waals surface area contributed by atoms with E-state index in [1.54, 1.807) is 43.3 Å². The highest BCUT2D eigenvalue weighted by Gasteiger charge is 2.07. The molecule has 0 aliphatic heterocycles. The molecule has 2 rings (SSSR count). The minimum atomic E-state index is -0.391. The summed E-state index contributed by atoms with van der Waals surface area (Å²) < 4.78 is 15.8. The van der Waals surface area contributed by atoms with Crippen LogP contribution in [0.15, 0.2) is 42.6 Å². The van der Waals surface area contributed by atoms with Gasteiger partial charge in [0.1, 0.15) is 0 Å². The molecule has 0 saturated carbocycles. The number of hydrogen-bond donors (Lipinski definition) is 1. The molecule has 6 nitrogen and oxygen atoms in total. The van der Waals surface area contributed by atoms with Crippen molar-refractivity contribution in [1.29, 1.82) is 0 Å². The van der Waals surface area contributed by atoms with Crippen LogP contribution in [0.1, 0.15) is 12.5 Å². The predicted octanol–water partition coefficient (Wildman–Crippen LogP) is 3.04. The van der Waals surface area contributed by atoms with E-state index < -0.39 is 5.97 Å². The van der Waals surface area contributed by atoms with Gasteiger partial charge in [-0.05, 0) is 36.8 Å². The Bertz CT molecular complexity index is 696. The number of carbonyl (C=O) groups excluding carboxylic acids is 1. The largest absolute Gasteiger partial charge is 0.493 e. The SMILES string of the molecule is CCOC(=O)/C=C/c1ccc(Oc2ccc(N)cn2)c(OC)c1. The number of benzene rings is 1. The maximum atomic E-state index is 11.3. The first-order valence-corrected chi connectivity index (χ1v) is 7.04. The van der Waals surface area contributed by atoms with E-state index in [9.17, 15) is 4.79 Å². The molecule has 1 aromatic heterocycles. The highest BCUT2D eigenvalue weighted by atomic mass is 16.5. The molecule has 2 N–H and O–H groups in total. The fraction of sp³-hybridized carbons (Fsp3) is 0.176. The third-order valence-corrected chi connectivity index (χ3v) is 2.86. The van der Waals surface area contributed by atoms with Crippen LogP contribution in [0.2, 0.25) is 0 Å². The standard InChI is InChI=1S/C17H18N2O4/c1-3-22-17(20)9-5-12-4-7-14(15(10-12)21-2)23-16-8-6-13(18)11-19-16/h4-11H,3,18H2,1-2H3/b9-5+. The molecule has 1 aromatic carbocycles. The van der Waals surface area contributed by atoms with Crippen molar-refractivity contribution in [2.75, 3.05) is 19.5 Å². The molecular formula is C17H18N2O4. The van der Waals surface area contributed by atoms with E-state index in [0.717, 1.165) is 5.56 Å². The summed E-state index contributed by atoms with van der Waals surface area (Å²) in [6.45, 7) is 2.10. The number of rotatable bonds is 6. The van der Waals surface area contributed by atoms with E-state index in [2.05, 4.69) is 4.98 Å². The van der Waals surface area contributed by atoms with Crippen LogP contribution in [0.3, 0.4) is 0 Å². The van der Waals surface area contributed by atoms with Crippen LogP contribution < -0.4 is 15.2 Å². The molecule has 0 saturated heterocycles. The van der Waals surface area contributed by atoms with E-state index in [0.29, 0.717) is 29.7 Å². The van der Waals surface area contributed by atoms with Crippen molar-refractivity contribution in [3.05, 3.63) is 48.2 Å². The first-order valence-electron chi connectivity index (χ1n) is 7.04. The summed E-state index contributed by atoms with van der Waals surface area (Å²) in [4.78, 5) is 15.4. The zero-order chi connectivity index (χ0) is 16.7. The normalized spacial score (nSPS) is 10.5. The van der Waals surface area contributed by atoms with Crippen LogP contribution in [0.5, 0.6) is 17.4 Å². The summed E-state index contributed by atoms with van der Waals surface area (Å²) in [6, 6.07) is 8.66. The highest BCUT2D eigenvalue weighted by Crippen LogP contribution is 2.32. The van der Waals surface area contributed by atoms with Crippen molar-refractivity contribution < 1.29 is 19.0 Å². The van der Waals surface area contributed by atoms with Crippen molar-refractivity contribution in [2.24, 2.45) is 0 Å². The van der Waals surface area contributed by atoms with Gasteiger partial charge in [0.15, 0.2) is 11.5 Å². The summed E-state index contributed by atoms with van der Waals surface area (Å²) >= 11 is 0. The molecule has 23 heavy (non-hydrogen) atoms. The van der Waals surface area contributed by atoms with Gasteiger partial charge >= 0.3 is 5.97 Å². The Morgan fingerprint density at radius 3 is 2.74 bits per heavy atom. The van der Waals surface area contributed by atoms with Crippen molar-refractivity contribution in [1.82, 2.24) is 4.98 Å². The monoisotopic (exact) mass is 314 g/mol. The van der Waals surface area contributed by atoms with Gasteiger partial charge in [-0.2, -0.15) is 0 Å². The Morgan fingerprint density at radius 2 is 2.09 bits per heavy atom. The molecule has 6 heteroatoms. The minimum absolute atomic E-state index is 0.341. The fourth-order valence-electron chi connectivity index (χ4n) is 1.79. The number of pyridine rings is 1.